The average molecular weight is 304 g/mol. The van der Waals surface area contributed by atoms with Crippen molar-refractivity contribution < 1.29 is 22.7 Å². The number of halogens is 3. The Kier molecular flexibility index (Phi) is 6.02. The van der Waals surface area contributed by atoms with Crippen LogP contribution >= 0.6 is 0 Å². The Labute approximate surface area is 121 Å². The van der Waals surface area contributed by atoms with Crippen molar-refractivity contribution in [2.45, 2.75) is 13.1 Å². The number of carbonyl (C=O) groups is 1. The smallest absolute Gasteiger partial charge is 0.387 e. The third-order valence-electron chi connectivity index (χ3n) is 3.08. The van der Waals surface area contributed by atoms with Gasteiger partial charge in [-0.15, -0.1) is 0 Å². The lowest BCUT2D eigenvalue weighted by Crippen LogP contribution is -2.34. The molecular weight excluding hydrogens is 285 g/mol. The van der Waals surface area contributed by atoms with Crippen LogP contribution in [0.1, 0.15) is 22.8 Å². The Bertz CT molecular complexity index is 490. The predicted molar refractivity (Wildman–Crippen MR) is 74.4 cm³/mol. The standard InChI is InChI=1S/C14H19F3N2O2/c1-4-19(7-8-21-3)13(20)11-9-10(14(15,16)17)5-6-12(11)18-2/h5-6,9,18H,4,7-8H2,1-3H3. The molecule has 0 unspecified atom stereocenters. The van der Waals surface area contributed by atoms with Gasteiger partial charge in [0, 0.05) is 32.9 Å². The lowest BCUT2D eigenvalue weighted by Gasteiger charge is -2.22. The van der Waals surface area contributed by atoms with Gasteiger partial charge in [-0.25, -0.2) is 0 Å². The van der Waals surface area contributed by atoms with Crippen molar-refractivity contribution in [3.8, 4) is 0 Å². The summed E-state index contributed by atoms with van der Waals surface area (Å²) in [4.78, 5) is 13.8. The number of ether oxygens (including phenoxy) is 1. The van der Waals surface area contributed by atoms with Crippen LogP contribution in [-0.4, -0.2) is 44.7 Å². The molecule has 0 atom stereocenters. The maximum atomic E-state index is 12.8. The summed E-state index contributed by atoms with van der Waals surface area (Å²) >= 11 is 0. The zero-order valence-corrected chi connectivity index (χ0v) is 12.3. The van der Waals surface area contributed by atoms with E-state index in [0.717, 1.165) is 12.1 Å². The van der Waals surface area contributed by atoms with E-state index < -0.39 is 17.6 Å². The summed E-state index contributed by atoms with van der Waals surface area (Å²) in [5.41, 5.74) is -0.471. The maximum absolute atomic E-state index is 12.8. The molecule has 0 aliphatic carbocycles. The molecule has 0 radical (unpaired) electrons. The normalized spacial score (nSPS) is 11.3. The van der Waals surface area contributed by atoms with Crippen LogP contribution in [0.5, 0.6) is 0 Å². The van der Waals surface area contributed by atoms with E-state index in [1.54, 1.807) is 14.0 Å². The van der Waals surface area contributed by atoms with E-state index in [0.29, 0.717) is 25.4 Å². The van der Waals surface area contributed by atoms with Gasteiger partial charge in [0.15, 0.2) is 0 Å². The number of methoxy groups -OCH3 is 1. The van der Waals surface area contributed by atoms with Gasteiger partial charge < -0.3 is 15.0 Å². The number of anilines is 1. The summed E-state index contributed by atoms with van der Waals surface area (Å²) in [5, 5.41) is 2.74. The van der Waals surface area contributed by atoms with Crippen LogP contribution in [0, 0.1) is 0 Å². The lowest BCUT2D eigenvalue weighted by atomic mass is 10.1. The first-order chi connectivity index (χ1) is 9.85. The van der Waals surface area contributed by atoms with Crippen LogP contribution in [0.2, 0.25) is 0 Å². The van der Waals surface area contributed by atoms with Crippen molar-refractivity contribution >= 4 is 11.6 Å². The number of alkyl halides is 3. The number of nitrogens with zero attached hydrogens (tertiary/aromatic N) is 1. The molecule has 118 valence electrons. The topological polar surface area (TPSA) is 41.6 Å². The molecule has 1 rings (SSSR count). The van der Waals surface area contributed by atoms with Gasteiger partial charge in [-0.3, -0.25) is 4.79 Å². The fraction of sp³-hybridized carbons (Fsp3) is 0.500. The molecule has 1 aromatic rings. The molecule has 0 saturated heterocycles. The number of nitrogens with one attached hydrogen (secondary N) is 1. The van der Waals surface area contributed by atoms with Crippen molar-refractivity contribution in [1.82, 2.24) is 4.90 Å². The van der Waals surface area contributed by atoms with E-state index in [-0.39, 0.29) is 5.56 Å². The highest BCUT2D eigenvalue weighted by molar-refractivity contribution is 5.99. The first-order valence-corrected chi connectivity index (χ1v) is 6.52. The van der Waals surface area contributed by atoms with Gasteiger partial charge in [-0.2, -0.15) is 13.2 Å². The minimum absolute atomic E-state index is 0.00489. The summed E-state index contributed by atoms with van der Waals surface area (Å²) in [6, 6.07) is 3.10. The van der Waals surface area contributed by atoms with Crippen molar-refractivity contribution in [2.24, 2.45) is 0 Å². The minimum Gasteiger partial charge on any atom is -0.387 e. The van der Waals surface area contributed by atoms with Crippen LogP contribution in [0.25, 0.3) is 0 Å². The fourth-order valence-electron chi connectivity index (χ4n) is 1.89. The Morgan fingerprint density at radius 2 is 2.05 bits per heavy atom. The number of benzene rings is 1. The highest BCUT2D eigenvalue weighted by atomic mass is 19.4. The zero-order valence-electron chi connectivity index (χ0n) is 12.3. The first-order valence-electron chi connectivity index (χ1n) is 6.52. The van der Waals surface area contributed by atoms with Gasteiger partial charge in [-0.05, 0) is 25.1 Å². The third kappa shape index (κ3) is 4.35. The number of rotatable bonds is 6. The average Bonchev–Trinajstić information content (AvgIpc) is 2.46. The second kappa shape index (κ2) is 7.31. The molecule has 0 heterocycles. The van der Waals surface area contributed by atoms with Gasteiger partial charge in [0.05, 0.1) is 17.7 Å². The highest BCUT2D eigenvalue weighted by Gasteiger charge is 2.32. The van der Waals surface area contributed by atoms with Gasteiger partial charge in [-0.1, -0.05) is 0 Å². The Morgan fingerprint density at radius 3 is 2.52 bits per heavy atom. The Morgan fingerprint density at radius 1 is 1.38 bits per heavy atom. The molecule has 0 aliphatic rings. The van der Waals surface area contributed by atoms with Crippen LogP contribution in [0.4, 0.5) is 18.9 Å². The number of carbonyl (C=O) groups excluding carboxylic acids is 1. The van der Waals surface area contributed by atoms with Gasteiger partial charge in [0.1, 0.15) is 0 Å². The second-order valence-corrected chi connectivity index (χ2v) is 4.39. The predicted octanol–water partition coefficient (Wildman–Crippen LogP) is 2.86. The molecule has 0 saturated carbocycles. The van der Waals surface area contributed by atoms with Crippen LogP contribution in [0.3, 0.4) is 0 Å². The van der Waals surface area contributed by atoms with Gasteiger partial charge >= 0.3 is 6.18 Å². The zero-order chi connectivity index (χ0) is 16.0. The summed E-state index contributed by atoms with van der Waals surface area (Å²) in [5.74, 6) is -0.454. The van der Waals surface area contributed by atoms with E-state index in [1.807, 2.05) is 0 Å². The van der Waals surface area contributed by atoms with Crippen molar-refractivity contribution in [2.75, 3.05) is 39.2 Å². The summed E-state index contributed by atoms with van der Waals surface area (Å²) in [6.07, 6.45) is -4.48. The quantitative estimate of drug-likeness (QED) is 0.878. The summed E-state index contributed by atoms with van der Waals surface area (Å²) in [7, 11) is 3.06. The molecule has 1 N–H and O–H groups in total. The second-order valence-electron chi connectivity index (χ2n) is 4.39. The number of likely N-dealkylation sites (N-methyl/N-ethyl adjacent to an activating group) is 1. The summed E-state index contributed by atoms with van der Waals surface area (Å²) in [6.45, 7) is 2.81. The molecule has 1 amide bonds. The molecule has 21 heavy (non-hydrogen) atoms. The lowest BCUT2D eigenvalue weighted by molar-refractivity contribution is -0.137. The Hall–Kier alpha value is -1.76. The molecule has 0 aromatic heterocycles. The summed E-state index contributed by atoms with van der Waals surface area (Å²) < 4.78 is 43.3. The van der Waals surface area contributed by atoms with E-state index >= 15 is 0 Å². The van der Waals surface area contributed by atoms with Crippen molar-refractivity contribution in [1.29, 1.82) is 0 Å². The Balaban J connectivity index is 3.16. The monoisotopic (exact) mass is 304 g/mol. The van der Waals surface area contributed by atoms with Crippen molar-refractivity contribution in [3.63, 3.8) is 0 Å². The fourth-order valence-corrected chi connectivity index (χ4v) is 1.89. The molecule has 0 spiro atoms. The van der Waals surface area contributed by atoms with E-state index in [4.69, 9.17) is 4.74 Å². The van der Waals surface area contributed by atoms with E-state index in [1.165, 1.54) is 18.1 Å². The molecular formula is C14H19F3N2O2. The molecule has 4 nitrogen and oxygen atoms in total. The van der Waals surface area contributed by atoms with Crippen molar-refractivity contribution in [3.05, 3.63) is 29.3 Å². The molecule has 0 bridgehead atoms. The van der Waals surface area contributed by atoms with Crippen LogP contribution in [-0.2, 0) is 10.9 Å². The molecule has 1 aromatic carbocycles. The van der Waals surface area contributed by atoms with Crippen LogP contribution in [0.15, 0.2) is 18.2 Å². The number of hydrogen-bond acceptors (Lipinski definition) is 3. The minimum atomic E-state index is -4.48. The largest absolute Gasteiger partial charge is 0.416 e. The van der Waals surface area contributed by atoms with Gasteiger partial charge in [0.25, 0.3) is 5.91 Å². The maximum Gasteiger partial charge on any atom is 0.416 e. The number of amides is 1. The van der Waals surface area contributed by atoms with Gasteiger partial charge in [0.2, 0.25) is 0 Å². The van der Waals surface area contributed by atoms with Crippen LogP contribution < -0.4 is 5.32 Å². The highest BCUT2D eigenvalue weighted by Crippen LogP contribution is 2.32. The van der Waals surface area contributed by atoms with E-state index in [2.05, 4.69) is 5.32 Å². The molecule has 0 aliphatic heterocycles. The third-order valence-corrected chi connectivity index (χ3v) is 3.08. The first kappa shape index (κ1) is 17.3. The number of hydrogen-bond donors (Lipinski definition) is 1. The molecule has 0 fully saturated rings. The van der Waals surface area contributed by atoms with E-state index in [9.17, 15) is 18.0 Å². The molecule has 7 heteroatoms. The SMILES string of the molecule is CCN(CCOC)C(=O)c1cc(C(F)(F)F)ccc1NC.